The van der Waals surface area contributed by atoms with Crippen molar-refractivity contribution >= 4 is 29.2 Å². The molecule has 1 aliphatic heterocycles. The van der Waals surface area contributed by atoms with Crippen LogP contribution in [0.5, 0.6) is 0 Å². The summed E-state index contributed by atoms with van der Waals surface area (Å²) in [6, 6.07) is 28.9. The number of nitrogen functional groups attached to an aromatic ring is 1. The molecule has 0 spiro atoms. The van der Waals surface area contributed by atoms with Crippen molar-refractivity contribution in [2.24, 2.45) is 0 Å². The Morgan fingerprint density at radius 1 is 0.771 bits per heavy atom. The SMILES string of the molecule is Cl.Nc1ccc(/C(=C(\CCCO)c2ccccc2)c2ccc(C3CCN(C4CC4)CC3)cc2)cc1. The molecule has 3 aromatic rings. The first-order valence-electron chi connectivity index (χ1n) is 12.8. The Labute approximate surface area is 216 Å². The molecule has 4 heteroatoms. The molecule has 0 unspecified atom stereocenters. The van der Waals surface area contributed by atoms with Crippen LogP contribution < -0.4 is 5.73 Å². The van der Waals surface area contributed by atoms with Crippen LogP contribution in [0.3, 0.4) is 0 Å². The van der Waals surface area contributed by atoms with Crippen LogP contribution in [-0.4, -0.2) is 35.7 Å². The second-order valence-electron chi connectivity index (χ2n) is 9.83. The van der Waals surface area contributed by atoms with Gasteiger partial charge in [-0.15, -0.1) is 12.4 Å². The van der Waals surface area contributed by atoms with E-state index in [1.807, 2.05) is 12.1 Å². The van der Waals surface area contributed by atoms with E-state index in [4.69, 9.17) is 5.73 Å². The van der Waals surface area contributed by atoms with Crippen LogP contribution in [0, 0.1) is 0 Å². The summed E-state index contributed by atoms with van der Waals surface area (Å²) in [6.45, 7) is 2.67. The lowest BCUT2D eigenvalue weighted by molar-refractivity contribution is 0.203. The van der Waals surface area contributed by atoms with Crippen molar-refractivity contribution in [1.29, 1.82) is 0 Å². The average Bonchev–Trinajstić information content (AvgIpc) is 3.74. The second kappa shape index (κ2) is 11.9. The molecule has 35 heavy (non-hydrogen) atoms. The number of aliphatic hydroxyl groups excluding tert-OH is 1. The van der Waals surface area contributed by atoms with Crippen molar-refractivity contribution < 1.29 is 5.11 Å². The smallest absolute Gasteiger partial charge is 0.0434 e. The van der Waals surface area contributed by atoms with E-state index in [1.54, 1.807) is 0 Å². The van der Waals surface area contributed by atoms with Gasteiger partial charge in [-0.2, -0.15) is 0 Å². The lowest BCUT2D eigenvalue weighted by Crippen LogP contribution is -2.34. The predicted molar refractivity (Wildman–Crippen MR) is 150 cm³/mol. The van der Waals surface area contributed by atoms with E-state index >= 15 is 0 Å². The van der Waals surface area contributed by atoms with Crippen LogP contribution in [0.1, 0.15) is 66.7 Å². The maximum Gasteiger partial charge on any atom is 0.0434 e. The Bertz CT molecular complexity index is 1100. The molecule has 1 aliphatic carbocycles. The minimum Gasteiger partial charge on any atom is -0.399 e. The van der Waals surface area contributed by atoms with E-state index in [1.165, 1.54) is 66.6 Å². The van der Waals surface area contributed by atoms with E-state index in [2.05, 4.69) is 71.6 Å². The van der Waals surface area contributed by atoms with E-state index in [-0.39, 0.29) is 19.0 Å². The number of halogens is 1. The summed E-state index contributed by atoms with van der Waals surface area (Å²) >= 11 is 0. The highest BCUT2D eigenvalue weighted by molar-refractivity contribution is 5.98. The van der Waals surface area contributed by atoms with Crippen LogP contribution in [0.25, 0.3) is 11.1 Å². The molecular weight excluding hydrogens is 452 g/mol. The molecule has 1 heterocycles. The number of benzene rings is 3. The first-order valence-corrected chi connectivity index (χ1v) is 12.8. The zero-order valence-electron chi connectivity index (χ0n) is 20.4. The minimum absolute atomic E-state index is 0. The van der Waals surface area contributed by atoms with E-state index in [0.29, 0.717) is 5.92 Å². The summed E-state index contributed by atoms with van der Waals surface area (Å²) in [6.07, 6.45) is 6.89. The largest absolute Gasteiger partial charge is 0.399 e. The van der Waals surface area contributed by atoms with Gasteiger partial charge in [0, 0.05) is 18.3 Å². The van der Waals surface area contributed by atoms with Gasteiger partial charge < -0.3 is 15.7 Å². The fourth-order valence-electron chi connectivity index (χ4n) is 5.43. The molecule has 2 aliphatic rings. The van der Waals surface area contributed by atoms with Crippen LogP contribution >= 0.6 is 12.4 Å². The molecule has 0 amide bonds. The fraction of sp³-hybridized carbons (Fsp3) is 0.355. The van der Waals surface area contributed by atoms with Gasteiger partial charge in [0.05, 0.1) is 0 Å². The first-order chi connectivity index (χ1) is 16.7. The molecule has 3 aromatic carbocycles. The molecule has 0 radical (unpaired) electrons. The summed E-state index contributed by atoms with van der Waals surface area (Å²) < 4.78 is 0. The third-order valence-electron chi connectivity index (χ3n) is 7.47. The topological polar surface area (TPSA) is 49.5 Å². The minimum atomic E-state index is 0. The molecule has 0 bridgehead atoms. The summed E-state index contributed by atoms with van der Waals surface area (Å²) in [5, 5.41) is 9.62. The number of nitrogens with zero attached hydrogens (tertiary/aromatic N) is 1. The number of nitrogens with two attached hydrogens (primary N) is 1. The number of hydrogen-bond acceptors (Lipinski definition) is 3. The van der Waals surface area contributed by atoms with Crippen LogP contribution in [0.2, 0.25) is 0 Å². The van der Waals surface area contributed by atoms with Crippen molar-refractivity contribution in [3.05, 3.63) is 101 Å². The van der Waals surface area contributed by atoms with E-state index < -0.39 is 0 Å². The van der Waals surface area contributed by atoms with Crippen molar-refractivity contribution in [1.82, 2.24) is 4.90 Å². The maximum absolute atomic E-state index is 9.62. The monoisotopic (exact) mass is 488 g/mol. The van der Waals surface area contributed by atoms with Gasteiger partial charge in [0.15, 0.2) is 0 Å². The Kier molecular flexibility index (Phi) is 8.67. The molecule has 2 fully saturated rings. The number of likely N-dealkylation sites (tertiary alicyclic amines) is 1. The highest BCUT2D eigenvalue weighted by atomic mass is 35.5. The van der Waals surface area contributed by atoms with Crippen LogP contribution in [0.15, 0.2) is 78.9 Å². The van der Waals surface area contributed by atoms with Gasteiger partial charge in [0.1, 0.15) is 0 Å². The lowest BCUT2D eigenvalue weighted by atomic mass is 9.85. The standard InChI is InChI=1S/C31H36N2O.ClH/c32-28-14-12-27(13-15-28)31(30(7-4-22-34)25-5-2-1-3-6-25)26-10-8-23(9-11-26)24-18-20-33(21-19-24)29-16-17-29;/h1-3,5-6,8-15,24,29,34H,4,7,16-22,32H2;1H/b31-30+;. The van der Waals surface area contributed by atoms with E-state index in [9.17, 15) is 5.11 Å². The lowest BCUT2D eigenvalue weighted by Gasteiger charge is -2.32. The van der Waals surface area contributed by atoms with Gasteiger partial charge >= 0.3 is 0 Å². The molecule has 3 nitrogen and oxygen atoms in total. The van der Waals surface area contributed by atoms with Crippen molar-refractivity contribution in [2.45, 2.75) is 50.5 Å². The molecule has 184 valence electrons. The summed E-state index contributed by atoms with van der Waals surface area (Å²) in [5.41, 5.74) is 14.3. The quantitative estimate of drug-likeness (QED) is 0.272. The molecular formula is C31H37ClN2O. The van der Waals surface area contributed by atoms with Gasteiger partial charge in [0.25, 0.3) is 0 Å². The molecule has 3 N–H and O–H groups in total. The Morgan fingerprint density at radius 2 is 1.37 bits per heavy atom. The first kappa shape index (κ1) is 25.5. The Balaban J connectivity index is 0.00000289. The number of hydrogen-bond donors (Lipinski definition) is 2. The number of piperidine rings is 1. The van der Waals surface area contributed by atoms with Gasteiger partial charge in [-0.1, -0.05) is 66.7 Å². The van der Waals surface area contributed by atoms with Crippen molar-refractivity contribution in [3.63, 3.8) is 0 Å². The normalized spacial score (nSPS) is 17.5. The molecule has 0 atom stereocenters. The molecule has 5 rings (SSSR count). The van der Waals surface area contributed by atoms with Crippen LogP contribution in [-0.2, 0) is 0 Å². The summed E-state index contributed by atoms with van der Waals surface area (Å²) in [5.74, 6) is 0.663. The highest BCUT2D eigenvalue weighted by Gasteiger charge is 2.32. The highest BCUT2D eigenvalue weighted by Crippen LogP contribution is 2.38. The predicted octanol–water partition coefficient (Wildman–Crippen LogP) is 6.76. The number of anilines is 1. The number of rotatable bonds is 8. The third kappa shape index (κ3) is 6.16. The van der Waals surface area contributed by atoms with Crippen LogP contribution in [0.4, 0.5) is 5.69 Å². The molecule has 0 aromatic heterocycles. The Morgan fingerprint density at radius 3 is 1.94 bits per heavy atom. The van der Waals surface area contributed by atoms with Gasteiger partial charge in [-0.3, -0.25) is 0 Å². The van der Waals surface area contributed by atoms with E-state index in [0.717, 1.165) is 30.1 Å². The number of aliphatic hydroxyl groups is 1. The van der Waals surface area contributed by atoms with Gasteiger partial charge in [-0.25, -0.2) is 0 Å². The summed E-state index contributed by atoms with van der Waals surface area (Å²) in [4.78, 5) is 2.69. The molecule has 1 saturated heterocycles. The Hall–Kier alpha value is -2.59. The van der Waals surface area contributed by atoms with Gasteiger partial charge in [-0.05, 0) is 103 Å². The van der Waals surface area contributed by atoms with Crippen molar-refractivity contribution in [2.75, 3.05) is 25.4 Å². The second-order valence-corrected chi connectivity index (χ2v) is 9.83. The number of allylic oxidation sites excluding steroid dienone is 1. The zero-order valence-corrected chi connectivity index (χ0v) is 21.2. The summed E-state index contributed by atoms with van der Waals surface area (Å²) in [7, 11) is 0. The third-order valence-corrected chi connectivity index (χ3v) is 7.47. The van der Waals surface area contributed by atoms with Gasteiger partial charge in [0.2, 0.25) is 0 Å². The fourth-order valence-corrected chi connectivity index (χ4v) is 5.43. The zero-order chi connectivity index (χ0) is 23.3. The molecule has 1 saturated carbocycles. The average molecular weight is 489 g/mol. The van der Waals surface area contributed by atoms with Crippen molar-refractivity contribution in [3.8, 4) is 0 Å². The maximum atomic E-state index is 9.62.